The third-order valence-corrected chi connectivity index (χ3v) is 4.99. The van der Waals surface area contributed by atoms with Crippen molar-refractivity contribution in [3.63, 3.8) is 0 Å². The summed E-state index contributed by atoms with van der Waals surface area (Å²) in [6.45, 7) is 5.44. The Morgan fingerprint density at radius 2 is 1.45 bits per heavy atom. The van der Waals surface area contributed by atoms with E-state index in [4.69, 9.17) is 0 Å². The Labute approximate surface area is 142 Å². The number of hydrogen-bond acceptors (Lipinski definition) is 3. The summed E-state index contributed by atoms with van der Waals surface area (Å²) in [7, 11) is -4.32. The number of rotatable bonds is 3. The summed E-state index contributed by atoms with van der Waals surface area (Å²) in [5.41, 5.74) is 1.88. The number of carbonyl (C=O) groups is 1. The monoisotopic (exact) mass is 312 g/mol. The van der Waals surface area contributed by atoms with Crippen LogP contribution in [0.1, 0.15) is 27.0 Å². The van der Waals surface area contributed by atoms with Gasteiger partial charge in [0.05, 0.1) is 0 Å². The number of hydrogen-bond donors (Lipinski definition) is 0. The standard InChI is InChI=1S/C16H17O3P.Li.H2O/c1-11-9-12(2)15(13(3)10-11)16(17)20(18,19)14-7-5-4-6-8-14;;/h4-10H,1-3H3,(H,18,19);;1H2/q;+1;/p-1. The topological polar surface area (TPSA) is 88.7 Å². The van der Waals surface area contributed by atoms with E-state index in [0.717, 1.165) is 5.56 Å². The minimum Gasteiger partial charge on any atom is -0.790 e. The van der Waals surface area contributed by atoms with Gasteiger partial charge in [-0.05, 0) is 31.9 Å². The van der Waals surface area contributed by atoms with E-state index in [2.05, 4.69) is 0 Å². The van der Waals surface area contributed by atoms with Crippen LogP contribution in [0.15, 0.2) is 42.5 Å². The first-order valence-corrected chi connectivity index (χ1v) is 7.96. The van der Waals surface area contributed by atoms with Crippen LogP contribution in [0.25, 0.3) is 0 Å². The summed E-state index contributed by atoms with van der Waals surface area (Å²) in [5, 5.41) is 0.0596. The predicted molar refractivity (Wildman–Crippen MR) is 82.3 cm³/mol. The molecule has 0 aromatic heterocycles. The zero-order valence-electron chi connectivity index (χ0n) is 13.2. The minimum atomic E-state index is -4.32. The van der Waals surface area contributed by atoms with Crippen LogP contribution in [-0.4, -0.2) is 11.0 Å². The molecule has 0 fully saturated rings. The fourth-order valence-corrected chi connectivity index (χ4v) is 3.85. The first-order valence-electron chi connectivity index (χ1n) is 6.33. The van der Waals surface area contributed by atoms with Crippen LogP contribution in [0.2, 0.25) is 0 Å². The van der Waals surface area contributed by atoms with Crippen molar-refractivity contribution in [3.8, 4) is 0 Å². The van der Waals surface area contributed by atoms with Crippen molar-refractivity contribution in [2.45, 2.75) is 20.8 Å². The van der Waals surface area contributed by atoms with Crippen molar-refractivity contribution in [1.29, 1.82) is 0 Å². The molecule has 0 bridgehead atoms. The van der Waals surface area contributed by atoms with Crippen molar-refractivity contribution in [2.24, 2.45) is 0 Å². The molecule has 2 aromatic rings. The van der Waals surface area contributed by atoms with E-state index in [1.54, 1.807) is 32.0 Å². The van der Waals surface area contributed by atoms with E-state index in [9.17, 15) is 14.3 Å². The summed E-state index contributed by atoms with van der Waals surface area (Å²) in [4.78, 5) is 24.8. The molecule has 0 aliphatic carbocycles. The van der Waals surface area contributed by atoms with E-state index >= 15 is 0 Å². The molecule has 2 rings (SSSR count). The van der Waals surface area contributed by atoms with Crippen LogP contribution in [0.4, 0.5) is 0 Å². The third-order valence-electron chi connectivity index (χ3n) is 3.25. The van der Waals surface area contributed by atoms with Gasteiger partial charge in [0.25, 0.3) is 0 Å². The van der Waals surface area contributed by atoms with Crippen molar-refractivity contribution in [1.82, 2.24) is 0 Å². The Kier molecular flexibility index (Phi) is 7.51. The second kappa shape index (κ2) is 7.92. The van der Waals surface area contributed by atoms with Gasteiger partial charge in [0, 0.05) is 10.9 Å². The third kappa shape index (κ3) is 3.98. The second-order valence-electron chi connectivity index (χ2n) is 4.97. The molecule has 0 heterocycles. The van der Waals surface area contributed by atoms with Crippen LogP contribution >= 0.6 is 7.37 Å². The molecule has 0 spiro atoms. The van der Waals surface area contributed by atoms with Crippen molar-refractivity contribution in [3.05, 3.63) is 64.7 Å². The number of benzene rings is 2. The van der Waals surface area contributed by atoms with Crippen LogP contribution in [0.5, 0.6) is 0 Å². The molecule has 112 valence electrons. The van der Waals surface area contributed by atoms with E-state index < -0.39 is 12.9 Å². The van der Waals surface area contributed by atoms with E-state index in [1.165, 1.54) is 12.1 Å². The Bertz CT molecular complexity index is 690. The molecule has 2 aromatic carbocycles. The number of carbonyl (C=O) groups excluding carboxylic acids is 1. The van der Waals surface area contributed by atoms with Gasteiger partial charge in [-0.2, -0.15) is 0 Å². The van der Waals surface area contributed by atoms with Gasteiger partial charge >= 0.3 is 18.9 Å². The first-order chi connectivity index (χ1) is 9.34. The first kappa shape index (κ1) is 20.9. The Hall–Kier alpha value is -1.14. The van der Waals surface area contributed by atoms with Gasteiger partial charge in [-0.25, -0.2) is 0 Å². The van der Waals surface area contributed by atoms with Gasteiger partial charge in [-0.1, -0.05) is 48.0 Å². The molecule has 0 saturated carbocycles. The normalized spacial score (nSPS) is 12.5. The molecule has 0 amide bonds. The average Bonchev–Trinajstić information content (AvgIpc) is 2.38. The van der Waals surface area contributed by atoms with Gasteiger partial charge in [0.1, 0.15) is 7.37 Å². The van der Waals surface area contributed by atoms with Crippen LogP contribution < -0.4 is 29.1 Å². The summed E-state index contributed by atoms with van der Waals surface area (Å²) in [5.74, 6) is 0. The Balaban J connectivity index is 0.00000220. The quantitative estimate of drug-likeness (QED) is 0.532. The fraction of sp³-hybridized carbons (Fsp3) is 0.188. The summed E-state index contributed by atoms with van der Waals surface area (Å²) in [6.07, 6.45) is 0. The molecular formula is C16H18LiO4P. The van der Waals surface area contributed by atoms with Gasteiger partial charge in [-0.15, -0.1) is 0 Å². The molecule has 6 heteroatoms. The van der Waals surface area contributed by atoms with Gasteiger partial charge in [0.15, 0.2) is 0 Å². The molecule has 0 saturated heterocycles. The summed E-state index contributed by atoms with van der Waals surface area (Å²) in [6, 6.07) is 11.5. The SMILES string of the molecule is Cc1cc(C)c(C(=O)P(=O)([O-])c2ccccc2)c(C)c1.O.[Li+]. The van der Waals surface area contributed by atoms with E-state index in [1.807, 2.05) is 19.1 Å². The molecule has 0 radical (unpaired) electrons. The molecule has 4 nitrogen and oxygen atoms in total. The zero-order chi connectivity index (χ0) is 14.9. The van der Waals surface area contributed by atoms with E-state index in [0.29, 0.717) is 11.1 Å². The van der Waals surface area contributed by atoms with Gasteiger partial charge in [-0.3, -0.25) is 4.79 Å². The molecule has 2 N–H and O–H groups in total. The summed E-state index contributed by atoms with van der Waals surface area (Å²) >= 11 is 0. The predicted octanol–water partition coefficient (Wildman–Crippen LogP) is -1.10. The molecule has 1 unspecified atom stereocenters. The van der Waals surface area contributed by atoms with Crippen LogP contribution in [0.3, 0.4) is 0 Å². The van der Waals surface area contributed by atoms with Crippen molar-refractivity contribution >= 4 is 18.2 Å². The largest absolute Gasteiger partial charge is 1.00 e. The summed E-state index contributed by atoms with van der Waals surface area (Å²) < 4.78 is 12.4. The van der Waals surface area contributed by atoms with Gasteiger partial charge in [0.2, 0.25) is 5.52 Å². The molecule has 0 aliphatic heterocycles. The smallest absolute Gasteiger partial charge is 0.790 e. The number of aryl methyl sites for hydroxylation is 3. The zero-order valence-corrected chi connectivity index (χ0v) is 14.1. The molecule has 22 heavy (non-hydrogen) atoms. The van der Waals surface area contributed by atoms with Crippen LogP contribution in [0, 0.1) is 20.8 Å². The maximum atomic E-state index is 12.4. The molecular weight excluding hydrogens is 294 g/mol. The Morgan fingerprint density at radius 3 is 1.91 bits per heavy atom. The van der Waals surface area contributed by atoms with Crippen molar-refractivity contribution in [2.75, 3.05) is 0 Å². The maximum Gasteiger partial charge on any atom is 1.00 e. The molecule has 0 aliphatic rings. The van der Waals surface area contributed by atoms with Crippen LogP contribution in [-0.2, 0) is 4.57 Å². The molecule has 1 atom stereocenters. The minimum absolute atomic E-state index is 0. The Morgan fingerprint density at radius 1 is 1.00 bits per heavy atom. The maximum absolute atomic E-state index is 12.4. The fourth-order valence-electron chi connectivity index (χ4n) is 2.41. The van der Waals surface area contributed by atoms with E-state index in [-0.39, 0.29) is 35.2 Å². The van der Waals surface area contributed by atoms with Gasteiger partial charge < -0.3 is 14.9 Å². The van der Waals surface area contributed by atoms with Crippen molar-refractivity contribution < 1.29 is 38.6 Å². The second-order valence-corrected chi connectivity index (χ2v) is 6.99. The average molecular weight is 312 g/mol.